The van der Waals surface area contributed by atoms with E-state index in [0.717, 1.165) is 95.8 Å². The van der Waals surface area contributed by atoms with Crippen molar-refractivity contribution in [2.45, 2.75) is 438 Å². The molecule has 0 heterocycles. The molecule has 19 heteroatoms. The fourth-order valence-corrected chi connectivity index (χ4v) is 13.8. The summed E-state index contributed by atoms with van der Waals surface area (Å²) in [6.07, 6.45) is 62.2. The first-order valence-corrected chi connectivity index (χ1v) is 44.1. The zero-order valence-electron chi connectivity index (χ0n) is 63.9. The molecular formula is C79H154O17P2. The Morgan fingerprint density at radius 3 is 0.694 bits per heavy atom. The van der Waals surface area contributed by atoms with Crippen LogP contribution in [-0.4, -0.2) is 96.7 Å². The number of phosphoric ester groups is 2. The van der Waals surface area contributed by atoms with Crippen molar-refractivity contribution in [1.29, 1.82) is 0 Å². The van der Waals surface area contributed by atoms with Crippen molar-refractivity contribution in [2.24, 2.45) is 5.92 Å². The molecule has 0 fully saturated rings. The fourth-order valence-electron chi connectivity index (χ4n) is 12.2. The average Bonchev–Trinajstić information content (AvgIpc) is 1.05. The molecule has 0 aromatic rings. The van der Waals surface area contributed by atoms with Gasteiger partial charge in [-0.1, -0.05) is 369 Å². The van der Waals surface area contributed by atoms with Gasteiger partial charge in [0.2, 0.25) is 0 Å². The van der Waals surface area contributed by atoms with Crippen molar-refractivity contribution in [3.05, 3.63) is 0 Å². The number of unbranched alkanes of at least 4 members (excludes halogenated alkanes) is 51. The number of carbonyl (C=O) groups excluding carboxylic acids is 4. The van der Waals surface area contributed by atoms with Crippen LogP contribution in [0.2, 0.25) is 0 Å². The van der Waals surface area contributed by atoms with Crippen LogP contribution >= 0.6 is 15.6 Å². The summed E-state index contributed by atoms with van der Waals surface area (Å²) < 4.78 is 68.7. The van der Waals surface area contributed by atoms with E-state index in [1.807, 2.05) is 0 Å². The molecule has 0 aromatic carbocycles. The van der Waals surface area contributed by atoms with Crippen LogP contribution in [0.1, 0.15) is 420 Å². The second-order valence-corrected chi connectivity index (χ2v) is 31.8. The molecule has 0 aliphatic carbocycles. The maximum atomic E-state index is 13.1. The Balaban J connectivity index is 5.25. The zero-order valence-corrected chi connectivity index (χ0v) is 65.7. The van der Waals surface area contributed by atoms with Gasteiger partial charge in [0.05, 0.1) is 26.4 Å². The molecule has 0 rings (SSSR count). The van der Waals surface area contributed by atoms with Gasteiger partial charge in [-0.2, -0.15) is 0 Å². The highest BCUT2D eigenvalue weighted by molar-refractivity contribution is 7.47. The van der Waals surface area contributed by atoms with Crippen molar-refractivity contribution < 1.29 is 80.2 Å². The Labute approximate surface area is 600 Å². The van der Waals surface area contributed by atoms with E-state index in [2.05, 4.69) is 34.6 Å². The molecule has 5 atom stereocenters. The van der Waals surface area contributed by atoms with Crippen molar-refractivity contribution in [3.8, 4) is 0 Å². The van der Waals surface area contributed by atoms with Gasteiger partial charge in [-0.3, -0.25) is 37.3 Å². The Morgan fingerprint density at radius 2 is 0.469 bits per heavy atom. The lowest BCUT2D eigenvalue weighted by Gasteiger charge is -2.21. The number of hydrogen-bond donors (Lipinski definition) is 3. The van der Waals surface area contributed by atoms with E-state index in [-0.39, 0.29) is 25.7 Å². The number of rotatable bonds is 79. The van der Waals surface area contributed by atoms with E-state index in [4.69, 9.17) is 37.0 Å². The molecule has 3 N–H and O–H groups in total. The maximum absolute atomic E-state index is 13.1. The largest absolute Gasteiger partial charge is 0.472 e. The Morgan fingerprint density at radius 1 is 0.276 bits per heavy atom. The molecule has 0 radical (unpaired) electrons. The van der Waals surface area contributed by atoms with E-state index < -0.39 is 97.5 Å². The number of phosphoric acid groups is 2. The highest BCUT2D eigenvalue weighted by Crippen LogP contribution is 2.45. The summed E-state index contributed by atoms with van der Waals surface area (Å²) in [6.45, 7) is 7.34. The minimum Gasteiger partial charge on any atom is -0.462 e. The van der Waals surface area contributed by atoms with Crippen LogP contribution in [0.3, 0.4) is 0 Å². The third-order valence-electron chi connectivity index (χ3n) is 18.5. The van der Waals surface area contributed by atoms with Crippen LogP contribution < -0.4 is 0 Å². The molecule has 582 valence electrons. The Kier molecular flexibility index (Phi) is 70.6. The monoisotopic (exact) mass is 1440 g/mol. The topological polar surface area (TPSA) is 237 Å². The second-order valence-electron chi connectivity index (χ2n) is 28.9. The van der Waals surface area contributed by atoms with E-state index in [1.165, 1.54) is 244 Å². The van der Waals surface area contributed by atoms with E-state index in [1.54, 1.807) is 0 Å². The maximum Gasteiger partial charge on any atom is 0.472 e. The summed E-state index contributed by atoms with van der Waals surface area (Å²) in [5, 5.41) is 10.6. The lowest BCUT2D eigenvalue weighted by atomic mass is 10.0. The molecule has 0 aromatic heterocycles. The van der Waals surface area contributed by atoms with Gasteiger partial charge in [0, 0.05) is 25.7 Å². The highest BCUT2D eigenvalue weighted by Gasteiger charge is 2.30. The fraction of sp³-hybridized carbons (Fsp3) is 0.949. The third kappa shape index (κ3) is 72.4. The summed E-state index contributed by atoms with van der Waals surface area (Å²) in [5.41, 5.74) is 0. The van der Waals surface area contributed by atoms with Crippen molar-refractivity contribution in [2.75, 3.05) is 39.6 Å². The van der Waals surface area contributed by atoms with Gasteiger partial charge in [0.25, 0.3) is 0 Å². The standard InChI is InChI=1S/C79H154O17P2/c1-6-9-12-15-18-21-24-27-28-29-30-31-33-40-45-50-55-60-65-79(84)96-75(69-90-77(82)63-58-53-48-43-38-35-34-36-41-46-51-56-61-72(4)5)71-94-98(87,88)92-67-73(80)66-91-97(85,86)93-70-74(68-89-76(81)62-57-52-47-42-37-26-23-20-17-14-11-8-3)95-78(83)64-59-54-49-44-39-32-25-22-19-16-13-10-7-2/h72-75,80H,6-71H2,1-5H3,(H,85,86)(H,87,88)/t73-,74+,75+/m0/s1. The molecular weight excluding hydrogens is 1280 g/mol. The van der Waals surface area contributed by atoms with Crippen molar-refractivity contribution >= 4 is 39.5 Å². The first-order chi connectivity index (χ1) is 47.5. The molecule has 0 spiro atoms. The summed E-state index contributed by atoms with van der Waals surface area (Å²) in [7, 11) is -9.92. The van der Waals surface area contributed by atoms with E-state index in [0.29, 0.717) is 25.7 Å². The van der Waals surface area contributed by atoms with Gasteiger partial charge in [-0.15, -0.1) is 0 Å². The Hall–Kier alpha value is -1.94. The Bertz CT molecular complexity index is 1870. The van der Waals surface area contributed by atoms with Gasteiger partial charge >= 0.3 is 39.5 Å². The zero-order chi connectivity index (χ0) is 71.9. The van der Waals surface area contributed by atoms with Gasteiger partial charge in [-0.05, 0) is 31.6 Å². The van der Waals surface area contributed by atoms with E-state index in [9.17, 15) is 43.2 Å². The quantitative estimate of drug-likeness (QED) is 0.0222. The third-order valence-corrected chi connectivity index (χ3v) is 20.4. The molecule has 2 unspecified atom stereocenters. The van der Waals surface area contributed by atoms with Gasteiger partial charge in [0.1, 0.15) is 19.3 Å². The SMILES string of the molecule is CCCCCCCCCCCCCCCCCCCCC(=O)O[C@H](COC(=O)CCCCCCCCCCCCCCC(C)C)COP(=O)(O)OC[C@@H](O)COP(=O)(O)OC[C@@H](COC(=O)CCCCCCCCCCCCCC)OC(=O)CCCCCCCCCCCCCCC. The number of esters is 4. The van der Waals surface area contributed by atoms with Crippen LogP contribution in [0.4, 0.5) is 0 Å². The van der Waals surface area contributed by atoms with Crippen molar-refractivity contribution in [3.63, 3.8) is 0 Å². The van der Waals surface area contributed by atoms with Gasteiger partial charge in [0.15, 0.2) is 12.2 Å². The molecule has 98 heavy (non-hydrogen) atoms. The lowest BCUT2D eigenvalue weighted by Crippen LogP contribution is -2.30. The summed E-state index contributed by atoms with van der Waals surface area (Å²) >= 11 is 0. The average molecular weight is 1440 g/mol. The molecule has 0 bridgehead atoms. The molecule has 0 amide bonds. The molecule has 0 aliphatic rings. The second kappa shape index (κ2) is 72.0. The number of carbonyl (C=O) groups is 4. The lowest BCUT2D eigenvalue weighted by molar-refractivity contribution is -0.161. The van der Waals surface area contributed by atoms with Crippen LogP contribution in [0, 0.1) is 5.92 Å². The van der Waals surface area contributed by atoms with Crippen LogP contribution in [0.25, 0.3) is 0 Å². The highest BCUT2D eigenvalue weighted by atomic mass is 31.2. The number of ether oxygens (including phenoxy) is 4. The minimum atomic E-state index is -4.96. The van der Waals surface area contributed by atoms with Crippen molar-refractivity contribution in [1.82, 2.24) is 0 Å². The number of hydrogen-bond acceptors (Lipinski definition) is 15. The summed E-state index contributed by atoms with van der Waals surface area (Å²) in [6, 6.07) is 0. The van der Waals surface area contributed by atoms with Gasteiger partial charge in [-0.25, -0.2) is 9.13 Å². The van der Waals surface area contributed by atoms with E-state index >= 15 is 0 Å². The van der Waals surface area contributed by atoms with Gasteiger partial charge < -0.3 is 33.8 Å². The van der Waals surface area contributed by atoms with Crippen LogP contribution in [0.15, 0.2) is 0 Å². The molecule has 17 nitrogen and oxygen atoms in total. The smallest absolute Gasteiger partial charge is 0.462 e. The minimum absolute atomic E-state index is 0.108. The summed E-state index contributed by atoms with van der Waals surface area (Å²) in [5.74, 6) is -1.32. The predicted molar refractivity (Wildman–Crippen MR) is 400 cm³/mol. The van der Waals surface area contributed by atoms with Crippen LogP contribution in [-0.2, 0) is 65.4 Å². The predicted octanol–water partition coefficient (Wildman–Crippen LogP) is 23.6. The first-order valence-electron chi connectivity index (χ1n) is 41.1. The number of aliphatic hydroxyl groups is 1. The normalized spacial score (nSPS) is 13.9. The first kappa shape index (κ1) is 96.1. The van der Waals surface area contributed by atoms with Crippen LogP contribution in [0.5, 0.6) is 0 Å². The summed E-state index contributed by atoms with van der Waals surface area (Å²) in [4.78, 5) is 73.0. The molecule has 0 saturated heterocycles. The number of aliphatic hydroxyl groups excluding tert-OH is 1. The molecule has 0 saturated carbocycles. The molecule has 0 aliphatic heterocycles.